The zero-order valence-corrected chi connectivity index (χ0v) is 13.9. The second-order valence-electron chi connectivity index (χ2n) is 5.64. The summed E-state index contributed by atoms with van der Waals surface area (Å²) >= 11 is 5.83. The summed E-state index contributed by atoms with van der Waals surface area (Å²) < 4.78 is 5.40. The van der Waals surface area contributed by atoms with Gasteiger partial charge in [0.25, 0.3) is 11.6 Å². The Kier molecular flexibility index (Phi) is 5.92. The molecule has 0 saturated carbocycles. The second kappa shape index (κ2) is 7.72. The molecule has 1 N–H and O–H groups in total. The van der Waals surface area contributed by atoms with E-state index in [1.165, 1.54) is 18.2 Å². The van der Waals surface area contributed by atoms with Crippen molar-refractivity contribution >= 4 is 23.2 Å². The van der Waals surface area contributed by atoms with E-state index in [1.54, 1.807) is 0 Å². The Morgan fingerprint density at radius 3 is 2.96 bits per heavy atom. The van der Waals surface area contributed by atoms with E-state index in [4.69, 9.17) is 16.3 Å². The summed E-state index contributed by atoms with van der Waals surface area (Å²) in [5.41, 5.74) is 0.0987. The molecule has 1 aliphatic heterocycles. The number of hydrogen-bond acceptors (Lipinski definition) is 5. The molecule has 1 aliphatic rings. The van der Waals surface area contributed by atoms with Crippen molar-refractivity contribution < 1.29 is 14.5 Å². The molecule has 0 bridgehead atoms. The molecule has 2 atom stereocenters. The van der Waals surface area contributed by atoms with E-state index in [-0.39, 0.29) is 22.7 Å². The van der Waals surface area contributed by atoms with Gasteiger partial charge in [-0.1, -0.05) is 11.6 Å². The number of nitro groups is 1. The van der Waals surface area contributed by atoms with Gasteiger partial charge in [-0.3, -0.25) is 19.8 Å². The lowest BCUT2D eigenvalue weighted by atomic mass is 10.1. The van der Waals surface area contributed by atoms with Crippen molar-refractivity contribution in [2.45, 2.75) is 25.9 Å². The monoisotopic (exact) mass is 341 g/mol. The minimum atomic E-state index is -0.577. The molecular weight excluding hydrogens is 322 g/mol. The van der Waals surface area contributed by atoms with Crippen molar-refractivity contribution in [1.29, 1.82) is 0 Å². The number of benzene rings is 1. The number of nitrogens with zero attached hydrogens (tertiary/aromatic N) is 2. The second-order valence-corrected chi connectivity index (χ2v) is 6.05. The fourth-order valence-corrected chi connectivity index (χ4v) is 2.90. The van der Waals surface area contributed by atoms with E-state index < -0.39 is 4.92 Å². The molecule has 1 heterocycles. The van der Waals surface area contributed by atoms with Crippen LogP contribution in [0.3, 0.4) is 0 Å². The SMILES string of the molecule is CC(CNC(=O)c1ccc([N+](=O)[O-])c(Cl)c1)N1CCOCC1C. The number of carbonyl (C=O) groups is 1. The van der Waals surface area contributed by atoms with Gasteiger partial charge in [0.15, 0.2) is 0 Å². The number of nitrogens with one attached hydrogen (secondary N) is 1. The molecule has 0 aromatic heterocycles. The van der Waals surface area contributed by atoms with Crippen LogP contribution in [0.25, 0.3) is 0 Å². The zero-order chi connectivity index (χ0) is 17.0. The molecule has 8 heteroatoms. The van der Waals surface area contributed by atoms with Crippen molar-refractivity contribution in [2.75, 3.05) is 26.3 Å². The third kappa shape index (κ3) is 4.40. The maximum atomic E-state index is 12.2. The average Bonchev–Trinajstić information content (AvgIpc) is 2.52. The predicted molar refractivity (Wildman–Crippen MR) is 86.9 cm³/mol. The normalized spacial score (nSPS) is 20.0. The van der Waals surface area contributed by atoms with Crippen molar-refractivity contribution in [3.8, 4) is 0 Å². The van der Waals surface area contributed by atoms with E-state index >= 15 is 0 Å². The highest BCUT2D eigenvalue weighted by atomic mass is 35.5. The van der Waals surface area contributed by atoms with Crippen LogP contribution in [0, 0.1) is 10.1 Å². The minimum absolute atomic E-state index is 0.0440. The first-order chi connectivity index (χ1) is 10.9. The van der Waals surface area contributed by atoms with Crippen LogP contribution in [-0.4, -0.2) is 54.1 Å². The topological polar surface area (TPSA) is 84.7 Å². The van der Waals surface area contributed by atoms with Crippen LogP contribution in [0.15, 0.2) is 18.2 Å². The molecule has 1 aromatic carbocycles. The maximum Gasteiger partial charge on any atom is 0.287 e. The highest BCUT2D eigenvalue weighted by molar-refractivity contribution is 6.33. The standard InChI is InChI=1S/C15H20ClN3O4/c1-10(18-5-6-23-9-11(18)2)8-17-15(20)12-3-4-14(19(21)22)13(16)7-12/h3-4,7,10-11H,5-6,8-9H2,1-2H3,(H,17,20). The largest absolute Gasteiger partial charge is 0.379 e. The minimum Gasteiger partial charge on any atom is -0.379 e. The summed E-state index contributed by atoms with van der Waals surface area (Å²) in [6, 6.07) is 4.44. The lowest BCUT2D eigenvalue weighted by Crippen LogP contribution is -2.51. The molecule has 126 valence electrons. The van der Waals surface area contributed by atoms with Crippen LogP contribution in [0.5, 0.6) is 0 Å². The number of rotatable bonds is 5. The Morgan fingerprint density at radius 1 is 1.61 bits per heavy atom. The first kappa shape index (κ1) is 17.7. The summed E-state index contributed by atoms with van der Waals surface area (Å²) in [5, 5.41) is 13.5. The molecule has 1 saturated heterocycles. The van der Waals surface area contributed by atoms with Crippen LogP contribution >= 0.6 is 11.6 Å². The average molecular weight is 342 g/mol. The summed E-state index contributed by atoms with van der Waals surface area (Å²) in [6.07, 6.45) is 0. The van der Waals surface area contributed by atoms with Gasteiger partial charge in [-0.05, 0) is 26.0 Å². The van der Waals surface area contributed by atoms with E-state index in [9.17, 15) is 14.9 Å². The zero-order valence-electron chi connectivity index (χ0n) is 13.1. The molecule has 0 aliphatic carbocycles. The highest BCUT2D eigenvalue weighted by Gasteiger charge is 2.24. The van der Waals surface area contributed by atoms with Gasteiger partial charge in [-0.25, -0.2) is 0 Å². The molecular formula is C15H20ClN3O4. The molecule has 2 unspecified atom stereocenters. The number of nitro benzene ring substituents is 1. The van der Waals surface area contributed by atoms with Gasteiger partial charge < -0.3 is 10.1 Å². The van der Waals surface area contributed by atoms with E-state index in [0.29, 0.717) is 31.4 Å². The Hall–Kier alpha value is -1.70. The van der Waals surface area contributed by atoms with E-state index in [2.05, 4.69) is 17.1 Å². The van der Waals surface area contributed by atoms with Crippen molar-refractivity contribution in [3.63, 3.8) is 0 Å². The first-order valence-corrected chi connectivity index (χ1v) is 7.83. The molecule has 0 radical (unpaired) electrons. The lowest BCUT2D eigenvalue weighted by molar-refractivity contribution is -0.384. The molecule has 1 aromatic rings. The highest BCUT2D eigenvalue weighted by Crippen LogP contribution is 2.24. The van der Waals surface area contributed by atoms with Gasteiger partial charge in [-0.2, -0.15) is 0 Å². The Bertz CT molecular complexity index is 596. The number of carbonyl (C=O) groups excluding carboxylic acids is 1. The van der Waals surface area contributed by atoms with Crippen LogP contribution in [0.1, 0.15) is 24.2 Å². The van der Waals surface area contributed by atoms with Gasteiger partial charge in [0.05, 0.1) is 18.1 Å². The molecule has 1 amide bonds. The number of hydrogen-bond donors (Lipinski definition) is 1. The summed E-state index contributed by atoms with van der Waals surface area (Å²) in [7, 11) is 0. The van der Waals surface area contributed by atoms with Crippen LogP contribution < -0.4 is 5.32 Å². The van der Waals surface area contributed by atoms with Crippen molar-refractivity contribution in [3.05, 3.63) is 38.9 Å². The maximum absolute atomic E-state index is 12.2. The lowest BCUT2D eigenvalue weighted by Gasteiger charge is -2.37. The van der Waals surface area contributed by atoms with Crippen LogP contribution in [0.4, 0.5) is 5.69 Å². The summed E-state index contributed by atoms with van der Waals surface area (Å²) in [4.78, 5) is 24.6. The Labute approximate surface area is 139 Å². The van der Waals surface area contributed by atoms with Crippen LogP contribution in [0.2, 0.25) is 5.02 Å². The van der Waals surface area contributed by atoms with Crippen molar-refractivity contribution in [2.24, 2.45) is 0 Å². The van der Waals surface area contributed by atoms with Crippen molar-refractivity contribution in [1.82, 2.24) is 10.2 Å². The first-order valence-electron chi connectivity index (χ1n) is 7.45. The molecule has 2 rings (SSSR count). The molecule has 1 fully saturated rings. The fourth-order valence-electron chi connectivity index (χ4n) is 2.65. The number of morpholine rings is 1. The Morgan fingerprint density at radius 2 is 2.35 bits per heavy atom. The number of halogens is 1. The third-order valence-electron chi connectivity index (χ3n) is 3.95. The van der Waals surface area contributed by atoms with Gasteiger partial charge in [0.2, 0.25) is 0 Å². The van der Waals surface area contributed by atoms with Gasteiger partial charge >= 0.3 is 0 Å². The molecule has 23 heavy (non-hydrogen) atoms. The van der Waals surface area contributed by atoms with Crippen LogP contribution in [-0.2, 0) is 4.74 Å². The smallest absolute Gasteiger partial charge is 0.287 e. The van der Waals surface area contributed by atoms with Gasteiger partial charge in [0, 0.05) is 36.8 Å². The molecule has 7 nitrogen and oxygen atoms in total. The molecule has 0 spiro atoms. The quantitative estimate of drug-likeness (QED) is 0.654. The summed E-state index contributed by atoms with van der Waals surface area (Å²) in [5.74, 6) is -0.297. The van der Waals surface area contributed by atoms with Gasteiger partial charge in [-0.15, -0.1) is 0 Å². The van der Waals surface area contributed by atoms with Gasteiger partial charge in [0.1, 0.15) is 5.02 Å². The fraction of sp³-hybridized carbons (Fsp3) is 0.533. The predicted octanol–water partition coefficient (Wildman–Crippen LogP) is 2.09. The van der Waals surface area contributed by atoms with E-state index in [0.717, 1.165) is 6.54 Å². The number of ether oxygens (including phenoxy) is 1. The van der Waals surface area contributed by atoms with E-state index in [1.807, 2.05) is 6.92 Å². The third-order valence-corrected chi connectivity index (χ3v) is 4.25. The Balaban J connectivity index is 1.94. The summed E-state index contributed by atoms with van der Waals surface area (Å²) in [6.45, 7) is 6.84. The number of amides is 1.